The van der Waals surface area contributed by atoms with Crippen molar-refractivity contribution < 1.29 is 28.1 Å². The van der Waals surface area contributed by atoms with E-state index in [9.17, 15) is 13.2 Å². The van der Waals surface area contributed by atoms with Crippen LogP contribution >= 0.6 is 0 Å². The summed E-state index contributed by atoms with van der Waals surface area (Å²) in [6, 6.07) is 2.48. The molecule has 1 aromatic rings. The summed E-state index contributed by atoms with van der Waals surface area (Å²) < 4.78 is 45.1. The number of aliphatic hydroxyl groups is 2. The van der Waals surface area contributed by atoms with E-state index < -0.39 is 11.9 Å². The maximum Gasteiger partial charge on any atom is 0.433 e. The highest BCUT2D eigenvalue weighted by molar-refractivity contribution is 5.27. The van der Waals surface area contributed by atoms with Gasteiger partial charge in [0.15, 0.2) is 0 Å². The number of alkyl halides is 3. The third kappa shape index (κ3) is 6.43. The number of rotatable bonds is 8. The van der Waals surface area contributed by atoms with Crippen molar-refractivity contribution in [3.63, 3.8) is 0 Å². The molecule has 0 aliphatic carbocycles. The molecule has 25 heavy (non-hydrogen) atoms. The second-order valence-corrected chi connectivity index (χ2v) is 5.99. The average Bonchev–Trinajstić information content (AvgIpc) is 2.55. The van der Waals surface area contributed by atoms with Gasteiger partial charge in [-0.1, -0.05) is 0 Å². The van der Waals surface area contributed by atoms with Crippen molar-refractivity contribution in [3.05, 3.63) is 23.4 Å². The second kappa shape index (κ2) is 9.33. The Bertz CT molecular complexity index is 531. The van der Waals surface area contributed by atoms with Crippen LogP contribution in [0.25, 0.3) is 0 Å². The monoisotopic (exact) mass is 363 g/mol. The summed E-state index contributed by atoms with van der Waals surface area (Å²) >= 11 is 0. The largest absolute Gasteiger partial charge is 0.474 e. The first kappa shape index (κ1) is 19.9. The quantitative estimate of drug-likeness (QED) is 0.640. The van der Waals surface area contributed by atoms with Gasteiger partial charge < -0.3 is 20.3 Å². The van der Waals surface area contributed by atoms with Crippen LogP contribution < -0.4 is 10.1 Å². The molecule has 1 aliphatic rings. The summed E-state index contributed by atoms with van der Waals surface area (Å²) in [4.78, 5) is 5.28. The molecule has 0 atom stereocenters. The van der Waals surface area contributed by atoms with Crippen LogP contribution in [0, 0.1) is 0 Å². The van der Waals surface area contributed by atoms with Gasteiger partial charge in [0.2, 0.25) is 5.88 Å². The molecule has 0 amide bonds. The highest BCUT2D eigenvalue weighted by atomic mass is 19.4. The van der Waals surface area contributed by atoms with Crippen molar-refractivity contribution >= 4 is 0 Å². The lowest BCUT2D eigenvalue weighted by Crippen LogP contribution is -2.34. The Morgan fingerprint density at radius 1 is 1.16 bits per heavy atom. The number of halogens is 3. The minimum atomic E-state index is -4.57. The number of nitrogens with zero attached hydrogens (tertiary/aromatic N) is 2. The lowest BCUT2D eigenvalue weighted by atomic mass is 10.1. The summed E-state index contributed by atoms with van der Waals surface area (Å²) in [6.45, 7) is 1.92. The van der Waals surface area contributed by atoms with Gasteiger partial charge in [-0.05, 0) is 37.6 Å². The standard InChI is InChI=1S/C16H24F3N3O3/c17-16(18,19)14-9-12(11-22(5-7-23)6-8-24)10-15(21-14)25-13-1-3-20-4-2-13/h9-10,13,20,23-24H,1-8,11H2. The molecule has 0 aromatic carbocycles. The van der Waals surface area contributed by atoms with Crippen molar-refractivity contribution in [2.75, 3.05) is 39.4 Å². The van der Waals surface area contributed by atoms with Gasteiger partial charge in [0.05, 0.1) is 13.2 Å². The molecule has 1 fully saturated rings. The molecule has 2 rings (SSSR count). The maximum atomic E-state index is 13.1. The van der Waals surface area contributed by atoms with E-state index in [4.69, 9.17) is 14.9 Å². The number of ether oxygens (including phenoxy) is 1. The number of nitrogens with one attached hydrogen (secondary N) is 1. The molecule has 0 unspecified atom stereocenters. The van der Waals surface area contributed by atoms with Crippen molar-refractivity contribution in [1.82, 2.24) is 15.2 Å². The zero-order valence-electron chi connectivity index (χ0n) is 13.9. The van der Waals surface area contributed by atoms with Gasteiger partial charge in [0.25, 0.3) is 0 Å². The molecule has 0 bridgehead atoms. The first-order chi connectivity index (χ1) is 11.9. The average molecular weight is 363 g/mol. The SMILES string of the molecule is OCCN(CCO)Cc1cc(OC2CCNCC2)nc(C(F)(F)F)c1. The van der Waals surface area contributed by atoms with E-state index in [-0.39, 0.29) is 44.8 Å². The molecular weight excluding hydrogens is 339 g/mol. The topological polar surface area (TPSA) is 77.9 Å². The fourth-order valence-electron chi connectivity index (χ4n) is 2.75. The third-order valence-electron chi connectivity index (χ3n) is 3.96. The number of piperidine rings is 1. The highest BCUT2D eigenvalue weighted by Crippen LogP contribution is 2.31. The maximum absolute atomic E-state index is 13.1. The fraction of sp³-hybridized carbons (Fsp3) is 0.688. The summed E-state index contributed by atoms with van der Waals surface area (Å²) in [6.07, 6.45) is -3.29. The van der Waals surface area contributed by atoms with Crippen LogP contribution in [-0.2, 0) is 12.7 Å². The van der Waals surface area contributed by atoms with E-state index in [0.717, 1.165) is 19.2 Å². The molecule has 1 aromatic heterocycles. The van der Waals surface area contributed by atoms with Crippen LogP contribution in [0.4, 0.5) is 13.2 Å². The van der Waals surface area contributed by atoms with E-state index in [0.29, 0.717) is 18.4 Å². The molecule has 1 aliphatic heterocycles. The zero-order chi connectivity index (χ0) is 18.3. The molecule has 9 heteroatoms. The fourth-order valence-corrected chi connectivity index (χ4v) is 2.75. The summed E-state index contributed by atoms with van der Waals surface area (Å²) in [5, 5.41) is 21.3. The summed E-state index contributed by atoms with van der Waals surface area (Å²) in [5.41, 5.74) is -0.616. The smallest absolute Gasteiger partial charge is 0.433 e. The van der Waals surface area contributed by atoms with Crippen LogP contribution in [0.15, 0.2) is 12.1 Å². The van der Waals surface area contributed by atoms with Gasteiger partial charge in [-0.3, -0.25) is 4.90 Å². The Morgan fingerprint density at radius 2 is 1.80 bits per heavy atom. The molecule has 0 radical (unpaired) electrons. The van der Waals surface area contributed by atoms with Crippen LogP contribution in [0.1, 0.15) is 24.1 Å². The van der Waals surface area contributed by atoms with E-state index >= 15 is 0 Å². The van der Waals surface area contributed by atoms with E-state index in [1.807, 2.05) is 0 Å². The molecule has 6 nitrogen and oxygen atoms in total. The minimum absolute atomic E-state index is 0.0373. The van der Waals surface area contributed by atoms with Crippen LogP contribution in [0.5, 0.6) is 5.88 Å². The lowest BCUT2D eigenvalue weighted by Gasteiger charge is -2.25. The van der Waals surface area contributed by atoms with E-state index in [2.05, 4.69) is 10.3 Å². The first-order valence-electron chi connectivity index (χ1n) is 8.32. The predicted octanol–water partition coefficient (Wildman–Crippen LogP) is 1.02. The normalized spacial score (nSPS) is 16.4. The van der Waals surface area contributed by atoms with E-state index in [1.54, 1.807) is 4.90 Å². The molecule has 2 heterocycles. The van der Waals surface area contributed by atoms with Crippen LogP contribution in [0.2, 0.25) is 0 Å². The van der Waals surface area contributed by atoms with Gasteiger partial charge in [-0.15, -0.1) is 0 Å². The number of hydrogen-bond donors (Lipinski definition) is 3. The summed E-state index contributed by atoms with van der Waals surface area (Å²) in [7, 11) is 0. The van der Waals surface area contributed by atoms with Gasteiger partial charge in [0, 0.05) is 25.7 Å². The Labute approximate surface area is 144 Å². The molecule has 0 saturated carbocycles. The molecular formula is C16H24F3N3O3. The van der Waals surface area contributed by atoms with Gasteiger partial charge in [-0.25, -0.2) is 4.98 Å². The molecule has 0 spiro atoms. The molecule has 1 saturated heterocycles. The van der Waals surface area contributed by atoms with Gasteiger partial charge in [-0.2, -0.15) is 13.2 Å². The van der Waals surface area contributed by atoms with Crippen LogP contribution in [0.3, 0.4) is 0 Å². The Balaban J connectivity index is 2.20. The summed E-state index contributed by atoms with van der Waals surface area (Å²) in [5.74, 6) is -0.0373. The molecule has 142 valence electrons. The highest BCUT2D eigenvalue weighted by Gasteiger charge is 2.34. The van der Waals surface area contributed by atoms with Crippen molar-refractivity contribution in [2.45, 2.75) is 31.7 Å². The Kier molecular flexibility index (Phi) is 7.42. The number of pyridine rings is 1. The number of aliphatic hydroxyl groups excluding tert-OH is 2. The Hall–Kier alpha value is -1.42. The minimum Gasteiger partial charge on any atom is -0.474 e. The van der Waals surface area contributed by atoms with Gasteiger partial charge >= 0.3 is 6.18 Å². The van der Waals surface area contributed by atoms with Crippen LogP contribution in [-0.4, -0.2) is 65.6 Å². The van der Waals surface area contributed by atoms with Crippen molar-refractivity contribution in [3.8, 4) is 5.88 Å². The third-order valence-corrected chi connectivity index (χ3v) is 3.96. The Morgan fingerprint density at radius 3 is 2.36 bits per heavy atom. The molecule has 3 N–H and O–H groups in total. The van der Waals surface area contributed by atoms with Crippen molar-refractivity contribution in [2.24, 2.45) is 0 Å². The number of aromatic nitrogens is 1. The zero-order valence-corrected chi connectivity index (χ0v) is 13.9. The second-order valence-electron chi connectivity index (χ2n) is 5.99. The predicted molar refractivity (Wildman–Crippen MR) is 85.2 cm³/mol. The first-order valence-corrected chi connectivity index (χ1v) is 8.32. The van der Waals surface area contributed by atoms with Gasteiger partial charge in [0.1, 0.15) is 11.8 Å². The van der Waals surface area contributed by atoms with Crippen molar-refractivity contribution in [1.29, 1.82) is 0 Å². The number of hydrogen-bond acceptors (Lipinski definition) is 6. The van der Waals surface area contributed by atoms with E-state index in [1.165, 1.54) is 6.07 Å². The lowest BCUT2D eigenvalue weighted by molar-refractivity contribution is -0.141.